The second kappa shape index (κ2) is 2.51. The van der Waals surface area contributed by atoms with Crippen LogP contribution in [0.5, 0.6) is 0 Å². The number of rotatable bonds is 0. The van der Waals surface area contributed by atoms with E-state index in [1.165, 1.54) is 0 Å². The minimum absolute atomic E-state index is 0. The lowest BCUT2D eigenvalue weighted by atomic mass is 10.1. The van der Waals surface area contributed by atoms with E-state index in [4.69, 9.17) is 0 Å². The molecule has 0 aromatic carbocycles. The van der Waals surface area contributed by atoms with Crippen molar-refractivity contribution >= 4 is 12.4 Å². The molecule has 1 rings (SSSR count). The lowest BCUT2D eigenvalue weighted by Gasteiger charge is -2.14. The lowest BCUT2D eigenvalue weighted by molar-refractivity contribution is 0.533. The van der Waals surface area contributed by atoms with Gasteiger partial charge < -0.3 is 5.32 Å². The standard InChI is InChI=1S/C6H11N.ClH/c1-6(2)4-3-5-7-6;/h3-4,7H,5H2,1-2H3;1H. The summed E-state index contributed by atoms with van der Waals surface area (Å²) in [6, 6.07) is 0. The smallest absolute Gasteiger partial charge is 0.0310 e. The van der Waals surface area contributed by atoms with Gasteiger partial charge in [0.1, 0.15) is 0 Å². The van der Waals surface area contributed by atoms with Gasteiger partial charge in [0.15, 0.2) is 0 Å². The van der Waals surface area contributed by atoms with Gasteiger partial charge in [-0.1, -0.05) is 12.2 Å². The quantitative estimate of drug-likeness (QED) is 0.492. The van der Waals surface area contributed by atoms with E-state index in [0.717, 1.165) is 6.54 Å². The summed E-state index contributed by atoms with van der Waals surface area (Å²) in [5, 5.41) is 3.28. The maximum atomic E-state index is 3.28. The summed E-state index contributed by atoms with van der Waals surface area (Å²) in [6.07, 6.45) is 4.34. The van der Waals surface area contributed by atoms with Crippen LogP contribution in [0.25, 0.3) is 0 Å². The van der Waals surface area contributed by atoms with Crippen LogP contribution in [0.4, 0.5) is 0 Å². The average molecular weight is 134 g/mol. The number of hydrogen-bond acceptors (Lipinski definition) is 1. The Labute approximate surface area is 56.6 Å². The molecule has 1 heterocycles. The van der Waals surface area contributed by atoms with Gasteiger partial charge in [0, 0.05) is 12.1 Å². The van der Waals surface area contributed by atoms with Crippen molar-refractivity contribution < 1.29 is 0 Å². The third-order valence-electron chi connectivity index (χ3n) is 1.21. The molecule has 0 saturated heterocycles. The first-order valence-corrected chi connectivity index (χ1v) is 2.63. The van der Waals surface area contributed by atoms with Crippen molar-refractivity contribution in [3.8, 4) is 0 Å². The molecular weight excluding hydrogens is 122 g/mol. The van der Waals surface area contributed by atoms with Gasteiger partial charge in [0.05, 0.1) is 0 Å². The third-order valence-corrected chi connectivity index (χ3v) is 1.21. The Hall–Kier alpha value is -0.0100. The Morgan fingerprint density at radius 2 is 2.12 bits per heavy atom. The van der Waals surface area contributed by atoms with Crippen LogP contribution in [-0.4, -0.2) is 12.1 Å². The lowest BCUT2D eigenvalue weighted by Crippen LogP contribution is -2.31. The zero-order valence-electron chi connectivity index (χ0n) is 5.27. The summed E-state index contributed by atoms with van der Waals surface area (Å²) in [7, 11) is 0. The maximum Gasteiger partial charge on any atom is 0.0310 e. The van der Waals surface area contributed by atoms with Gasteiger partial charge in [-0.2, -0.15) is 0 Å². The molecule has 0 unspecified atom stereocenters. The van der Waals surface area contributed by atoms with Crippen LogP contribution >= 0.6 is 12.4 Å². The van der Waals surface area contributed by atoms with E-state index < -0.39 is 0 Å². The van der Waals surface area contributed by atoms with Crippen LogP contribution in [0.15, 0.2) is 12.2 Å². The molecule has 0 aromatic heterocycles. The normalized spacial score (nSPS) is 22.8. The van der Waals surface area contributed by atoms with E-state index in [1.54, 1.807) is 0 Å². The predicted molar refractivity (Wildman–Crippen MR) is 38.5 cm³/mol. The van der Waals surface area contributed by atoms with Crippen molar-refractivity contribution in [1.82, 2.24) is 5.32 Å². The van der Waals surface area contributed by atoms with E-state index in [-0.39, 0.29) is 17.9 Å². The van der Waals surface area contributed by atoms with E-state index in [0.29, 0.717) is 0 Å². The highest BCUT2D eigenvalue weighted by molar-refractivity contribution is 5.85. The fourth-order valence-electron chi connectivity index (χ4n) is 0.734. The molecule has 0 atom stereocenters. The molecule has 1 aliphatic heterocycles. The predicted octanol–water partition coefficient (Wildman–Crippen LogP) is 1.35. The first-order valence-electron chi connectivity index (χ1n) is 2.63. The number of halogens is 1. The van der Waals surface area contributed by atoms with Crippen LogP contribution < -0.4 is 5.32 Å². The first-order chi connectivity index (χ1) is 3.21. The number of nitrogens with one attached hydrogen (secondary N) is 1. The molecule has 8 heavy (non-hydrogen) atoms. The van der Waals surface area contributed by atoms with Crippen LogP contribution in [0, 0.1) is 0 Å². The van der Waals surface area contributed by atoms with Gasteiger partial charge in [0.25, 0.3) is 0 Å². The SMILES string of the molecule is CC1(C)C=CCN1.Cl. The van der Waals surface area contributed by atoms with E-state index in [2.05, 4.69) is 31.3 Å². The molecule has 0 aromatic rings. The summed E-state index contributed by atoms with van der Waals surface area (Å²) in [5.74, 6) is 0. The molecule has 0 amide bonds. The van der Waals surface area contributed by atoms with Crippen LogP contribution in [0.1, 0.15) is 13.8 Å². The topological polar surface area (TPSA) is 12.0 Å². The first kappa shape index (κ1) is 7.99. The number of hydrogen-bond donors (Lipinski definition) is 1. The van der Waals surface area contributed by atoms with E-state index in [1.807, 2.05) is 0 Å². The van der Waals surface area contributed by atoms with Gasteiger partial charge in [-0.15, -0.1) is 12.4 Å². The molecule has 1 aliphatic rings. The highest BCUT2D eigenvalue weighted by Gasteiger charge is 2.14. The Bertz CT molecular complexity index is 96.7. The molecule has 0 spiro atoms. The summed E-state index contributed by atoms with van der Waals surface area (Å²) in [4.78, 5) is 0. The van der Waals surface area contributed by atoms with Crippen molar-refractivity contribution in [2.24, 2.45) is 0 Å². The third kappa shape index (κ3) is 1.85. The zero-order chi connectivity index (χ0) is 5.33. The van der Waals surface area contributed by atoms with Crippen LogP contribution in [-0.2, 0) is 0 Å². The Balaban J connectivity index is 0.000000490. The largest absolute Gasteiger partial charge is 0.305 e. The Morgan fingerprint density at radius 3 is 2.25 bits per heavy atom. The molecule has 0 aliphatic carbocycles. The fraction of sp³-hybridized carbons (Fsp3) is 0.667. The van der Waals surface area contributed by atoms with Gasteiger partial charge in [-0.3, -0.25) is 0 Å². The molecule has 0 radical (unpaired) electrons. The molecular formula is C6H12ClN. The van der Waals surface area contributed by atoms with Crippen molar-refractivity contribution in [3.05, 3.63) is 12.2 Å². The van der Waals surface area contributed by atoms with Crippen LogP contribution in [0.2, 0.25) is 0 Å². The molecule has 48 valence electrons. The Kier molecular flexibility index (Phi) is 2.51. The molecule has 0 fully saturated rings. The highest BCUT2D eigenvalue weighted by atomic mass is 35.5. The fourth-order valence-corrected chi connectivity index (χ4v) is 0.734. The van der Waals surface area contributed by atoms with Gasteiger partial charge >= 0.3 is 0 Å². The minimum atomic E-state index is 0. The van der Waals surface area contributed by atoms with Crippen molar-refractivity contribution in [3.63, 3.8) is 0 Å². The minimum Gasteiger partial charge on any atom is -0.305 e. The summed E-state index contributed by atoms with van der Waals surface area (Å²) >= 11 is 0. The van der Waals surface area contributed by atoms with Gasteiger partial charge in [0.2, 0.25) is 0 Å². The van der Waals surface area contributed by atoms with Gasteiger partial charge in [-0.25, -0.2) is 0 Å². The summed E-state index contributed by atoms with van der Waals surface area (Å²) in [6.45, 7) is 5.36. The average Bonchev–Trinajstić information content (AvgIpc) is 1.84. The molecule has 0 bridgehead atoms. The molecule has 0 saturated carbocycles. The summed E-state index contributed by atoms with van der Waals surface area (Å²) in [5.41, 5.74) is 0.264. The van der Waals surface area contributed by atoms with E-state index >= 15 is 0 Å². The summed E-state index contributed by atoms with van der Waals surface area (Å²) < 4.78 is 0. The molecule has 2 heteroatoms. The van der Waals surface area contributed by atoms with Crippen molar-refractivity contribution in [2.75, 3.05) is 6.54 Å². The van der Waals surface area contributed by atoms with Crippen molar-refractivity contribution in [2.45, 2.75) is 19.4 Å². The highest BCUT2D eigenvalue weighted by Crippen LogP contribution is 2.07. The van der Waals surface area contributed by atoms with E-state index in [9.17, 15) is 0 Å². The molecule has 1 nitrogen and oxygen atoms in total. The monoisotopic (exact) mass is 133 g/mol. The second-order valence-corrected chi connectivity index (χ2v) is 2.50. The molecule has 1 N–H and O–H groups in total. The second-order valence-electron chi connectivity index (χ2n) is 2.50. The van der Waals surface area contributed by atoms with Crippen molar-refractivity contribution in [1.29, 1.82) is 0 Å². The van der Waals surface area contributed by atoms with Gasteiger partial charge in [-0.05, 0) is 13.8 Å². The van der Waals surface area contributed by atoms with Crippen LogP contribution in [0.3, 0.4) is 0 Å². The maximum absolute atomic E-state index is 3.28. The Morgan fingerprint density at radius 1 is 1.50 bits per heavy atom. The zero-order valence-corrected chi connectivity index (χ0v) is 6.09.